The number of ether oxygens (including phenoxy) is 2. The molecule has 9 heteroatoms. The summed E-state index contributed by atoms with van der Waals surface area (Å²) < 4.78 is 12.0. The Kier molecular flexibility index (Phi) is 6.70. The third-order valence-corrected chi connectivity index (χ3v) is 6.13. The minimum absolute atomic E-state index is 0.195. The van der Waals surface area contributed by atoms with Crippen molar-refractivity contribution in [3.05, 3.63) is 39.2 Å². The summed E-state index contributed by atoms with van der Waals surface area (Å²) in [4.78, 5) is 30.1. The average Bonchev–Trinajstić information content (AvgIpc) is 2.96. The van der Waals surface area contributed by atoms with Crippen LogP contribution >= 0.6 is 39.0 Å². The molecule has 3 rings (SSSR count). The highest BCUT2D eigenvalue weighted by molar-refractivity contribution is 9.10. The Morgan fingerprint density at radius 2 is 2.07 bits per heavy atom. The Morgan fingerprint density at radius 1 is 1.31 bits per heavy atom. The van der Waals surface area contributed by atoms with E-state index in [2.05, 4.69) is 26.2 Å². The number of halogens is 1. The van der Waals surface area contributed by atoms with Crippen molar-refractivity contribution >= 4 is 56.2 Å². The molecule has 0 radical (unpaired) electrons. The smallest absolute Gasteiger partial charge is 0.436 e. The molecular weight excluding hydrogens is 476 g/mol. The normalized spacial score (nSPS) is 13.6. The van der Waals surface area contributed by atoms with Crippen molar-refractivity contribution in [2.45, 2.75) is 32.8 Å². The van der Waals surface area contributed by atoms with Gasteiger partial charge in [-0.05, 0) is 56.9 Å². The van der Waals surface area contributed by atoms with Crippen LogP contribution in [-0.2, 0) is 11.2 Å². The molecule has 1 aromatic heterocycles. The van der Waals surface area contributed by atoms with Gasteiger partial charge in [0.25, 0.3) is 5.91 Å². The first-order valence-electron chi connectivity index (χ1n) is 8.89. The van der Waals surface area contributed by atoms with Crippen molar-refractivity contribution in [2.75, 3.05) is 12.9 Å². The predicted molar refractivity (Wildman–Crippen MR) is 121 cm³/mol. The number of rotatable bonds is 1. The Hall–Kier alpha value is -1.84. The van der Waals surface area contributed by atoms with Crippen molar-refractivity contribution in [2.24, 2.45) is 4.99 Å². The predicted octanol–water partition coefficient (Wildman–Crippen LogP) is 5.50. The van der Waals surface area contributed by atoms with E-state index in [1.807, 2.05) is 24.3 Å². The highest BCUT2D eigenvalue weighted by Gasteiger charge is 2.22. The van der Waals surface area contributed by atoms with Crippen molar-refractivity contribution in [1.29, 1.82) is 0 Å². The zero-order chi connectivity index (χ0) is 21.2. The summed E-state index contributed by atoms with van der Waals surface area (Å²) in [6.07, 6.45) is 1.71. The van der Waals surface area contributed by atoms with Gasteiger partial charge in [0, 0.05) is 21.3 Å². The minimum Gasteiger partial charge on any atom is -0.493 e. The van der Waals surface area contributed by atoms with E-state index in [0.29, 0.717) is 17.9 Å². The maximum atomic E-state index is 12.8. The number of hydrogen-bond donors (Lipinski definition) is 1. The number of aliphatic imine (C=N–C) groups is 1. The second kappa shape index (κ2) is 8.89. The van der Waals surface area contributed by atoms with E-state index < -0.39 is 11.7 Å². The van der Waals surface area contributed by atoms with E-state index in [-0.39, 0.29) is 11.1 Å². The summed E-state index contributed by atoms with van der Waals surface area (Å²) in [5.74, 6) is 0.488. The molecule has 0 fully saturated rings. The standard InChI is InChI=1S/C20H21BrN2O4S2/c1-20(2,3)27-19(25)23-18(28-4)22-17(24)15-9-11-7-8-26-14-10-12(21)5-6-13(14)16(11)29-15/h5-6,9-10H,7-8H2,1-4H3,(H,22,23,24,25). The highest BCUT2D eigenvalue weighted by Crippen LogP contribution is 2.41. The Labute approximate surface area is 186 Å². The van der Waals surface area contributed by atoms with Crippen LogP contribution in [-0.4, -0.2) is 35.6 Å². The first kappa shape index (κ1) is 21.9. The van der Waals surface area contributed by atoms with Crippen LogP contribution in [0.15, 0.2) is 33.7 Å². The van der Waals surface area contributed by atoms with Gasteiger partial charge in [-0.15, -0.1) is 11.3 Å². The zero-order valence-electron chi connectivity index (χ0n) is 16.5. The van der Waals surface area contributed by atoms with Gasteiger partial charge in [0.15, 0.2) is 5.17 Å². The summed E-state index contributed by atoms with van der Waals surface area (Å²) in [5.41, 5.74) is 1.39. The van der Waals surface area contributed by atoms with Crippen LogP contribution in [0.4, 0.5) is 4.79 Å². The summed E-state index contributed by atoms with van der Waals surface area (Å²) in [6.45, 7) is 5.83. The molecule has 6 nitrogen and oxygen atoms in total. The Balaban J connectivity index is 1.82. The van der Waals surface area contributed by atoms with Gasteiger partial charge >= 0.3 is 6.09 Å². The van der Waals surface area contributed by atoms with Crippen molar-refractivity contribution in [3.8, 4) is 16.2 Å². The van der Waals surface area contributed by atoms with Crippen LogP contribution in [0.3, 0.4) is 0 Å². The van der Waals surface area contributed by atoms with Gasteiger partial charge < -0.3 is 14.8 Å². The number of carbonyl (C=O) groups excluding carboxylic acids is 2. The van der Waals surface area contributed by atoms with Crippen molar-refractivity contribution < 1.29 is 19.1 Å². The number of benzene rings is 1. The fraction of sp³-hybridized carbons (Fsp3) is 0.350. The summed E-state index contributed by atoms with van der Waals surface area (Å²) in [5, 5.41) is 2.90. The maximum Gasteiger partial charge on any atom is 0.436 e. The zero-order valence-corrected chi connectivity index (χ0v) is 19.7. The van der Waals surface area contributed by atoms with Gasteiger partial charge in [0.05, 0.1) is 11.5 Å². The van der Waals surface area contributed by atoms with Crippen molar-refractivity contribution in [1.82, 2.24) is 5.32 Å². The summed E-state index contributed by atoms with van der Waals surface area (Å²) in [7, 11) is 0. The molecular formula is C20H21BrN2O4S2. The fourth-order valence-corrected chi connectivity index (χ4v) is 4.52. The molecule has 154 valence electrons. The van der Waals surface area contributed by atoms with E-state index in [1.54, 1.807) is 27.0 Å². The number of nitrogens with zero attached hydrogens (tertiary/aromatic N) is 1. The third-order valence-electron chi connectivity index (χ3n) is 3.85. The molecule has 1 aliphatic rings. The highest BCUT2D eigenvalue weighted by atomic mass is 79.9. The van der Waals surface area contributed by atoms with Crippen LogP contribution in [0.25, 0.3) is 10.4 Å². The van der Waals surface area contributed by atoms with E-state index >= 15 is 0 Å². The fourth-order valence-electron chi connectivity index (χ4n) is 2.68. The van der Waals surface area contributed by atoms with E-state index in [4.69, 9.17) is 9.47 Å². The number of thiophene rings is 1. The molecule has 0 unspecified atom stereocenters. The first-order chi connectivity index (χ1) is 13.7. The van der Waals surface area contributed by atoms with Crippen LogP contribution in [0.2, 0.25) is 0 Å². The summed E-state index contributed by atoms with van der Waals surface area (Å²) in [6, 6.07) is 7.75. The van der Waals surface area contributed by atoms with Gasteiger partial charge in [-0.2, -0.15) is 4.99 Å². The minimum atomic E-state index is -0.735. The molecule has 1 aromatic carbocycles. The summed E-state index contributed by atoms with van der Waals surface area (Å²) >= 11 is 6.03. The lowest BCUT2D eigenvalue weighted by molar-refractivity contribution is 0.0604. The van der Waals surface area contributed by atoms with Gasteiger partial charge in [-0.3, -0.25) is 4.79 Å². The monoisotopic (exact) mass is 496 g/mol. The lowest BCUT2D eigenvalue weighted by Gasteiger charge is -2.17. The van der Waals surface area contributed by atoms with Crippen LogP contribution in [0.5, 0.6) is 5.75 Å². The molecule has 0 spiro atoms. The Morgan fingerprint density at radius 3 is 2.76 bits per heavy atom. The van der Waals surface area contributed by atoms with Gasteiger partial charge in [-0.1, -0.05) is 27.7 Å². The second-order valence-corrected chi connectivity index (χ2v) is 10.0. The number of thioether (sulfide) groups is 1. The number of nitrogens with one attached hydrogen (secondary N) is 1. The first-order valence-corrected chi connectivity index (χ1v) is 11.7. The average molecular weight is 497 g/mol. The molecule has 0 atom stereocenters. The number of amides is 2. The molecule has 29 heavy (non-hydrogen) atoms. The molecule has 2 aromatic rings. The van der Waals surface area contributed by atoms with Gasteiger partial charge in [0.1, 0.15) is 11.4 Å². The number of hydrogen-bond acceptors (Lipinski definition) is 6. The van der Waals surface area contributed by atoms with Crippen LogP contribution < -0.4 is 10.1 Å². The van der Waals surface area contributed by atoms with Crippen LogP contribution in [0, 0.1) is 0 Å². The van der Waals surface area contributed by atoms with E-state index in [1.165, 1.54) is 23.1 Å². The second-order valence-electron chi connectivity index (χ2n) is 7.26. The Bertz CT molecular complexity index is 979. The number of fused-ring (bicyclic) bond motifs is 3. The number of amidine groups is 1. The molecule has 2 heterocycles. The maximum absolute atomic E-state index is 12.8. The lowest BCUT2D eigenvalue weighted by Crippen LogP contribution is -2.29. The van der Waals surface area contributed by atoms with Crippen LogP contribution in [0.1, 0.15) is 36.0 Å². The molecule has 0 saturated carbocycles. The van der Waals surface area contributed by atoms with Crippen molar-refractivity contribution in [3.63, 3.8) is 0 Å². The third kappa shape index (κ3) is 5.61. The number of carbonyl (C=O) groups is 2. The SMILES string of the molecule is CSC(=NC(=O)OC(C)(C)C)NC(=O)c1cc2c(s1)-c1ccc(Br)cc1OCC2. The molecule has 0 saturated heterocycles. The van der Waals surface area contributed by atoms with Gasteiger partial charge in [0.2, 0.25) is 0 Å². The topological polar surface area (TPSA) is 77.0 Å². The largest absolute Gasteiger partial charge is 0.493 e. The lowest BCUT2D eigenvalue weighted by atomic mass is 10.1. The molecule has 0 bridgehead atoms. The molecule has 0 aliphatic carbocycles. The molecule has 1 N–H and O–H groups in total. The van der Waals surface area contributed by atoms with E-state index in [9.17, 15) is 9.59 Å². The quantitative estimate of drug-likeness (QED) is 0.416. The van der Waals surface area contributed by atoms with Gasteiger partial charge in [-0.25, -0.2) is 4.79 Å². The van der Waals surface area contributed by atoms with E-state index in [0.717, 1.165) is 26.2 Å². The molecule has 2 amide bonds. The molecule has 1 aliphatic heterocycles.